The Balaban J connectivity index is 1.68. The molecular weight excluding hydrogens is 326 g/mol. The molecule has 2 heterocycles. The molecular formula is C14H12ClN3OS2. The molecule has 1 aromatic carbocycles. The molecule has 1 aromatic heterocycles. The average molecular weight is 338 g/mol. The molecule has 21 heavy (non-hydrogen) atoms. The maximum Gasteiger partial charge on any atom is 0.231 e. The van der Waals surface area contributed by atoms with Crippen LogP contribution in [0.4, 0.5) is 0 Å². The fourth-order valence-electron chi connectivity index (χ4n) is 1.89. The first-order chi connectivity index (χ1) is 10.2. The summed E-state index contributed by atoms with van der Waals surface area (Å²) < 4.78 is 0. The van der Waals surface area contributed by atoms with Crippen LogP contribution in [0.5, 0.6) is 0 Å². The van der Waals surface area contributed by atoms with Gasteiger partial charge in [0.25, 0.3) is 0 Å². The Morgan fingerprint density at radius 3 is 3.00 bits per heavy atom. The molecule has 108 valence electrons. The van der Waals surface area contributed by atoms with Crippen molar-refractivity contribution in [2.24, 2.45) is 4.99 Å². The normalized spacial score (nSPS) is 14.0. The van der Waals surface area contributed by atoms with Crippen LogP contribution in [0.15, 0.2) is 34.6 Å². The number of carbonyl (C=O) groups is 1. The zero-order valence-electron chi connectivity index (χ0n) is 11.0. The third-order valence-electron chi connectivity index (χ3n) is 2.83. The molecule has 1 N–H and O–H groups in total. The number of aromatic nitrogens is 1. The number of aliphatic imine (C=N–C) groups is 1. The van der Waals surface area contributed by atoms with Crippen LogP contribution in [0.25, 0.3) is 10.6 Å². The number of nitrogens with zero attached hydrogens (tertiary/aromatic N) is 2. The monoisotopic (exact) mass is 337 g/mol. The molecule has 0 atom stereocenters. The van der Waals surface area contributed by atoms with Crippen molar-refractivity contribution in [1.29, 1.82) is 0 Å². The number of amides is 1. The van der Waals surface area contributed by atoms with Crippen molar-refractivity contribution >= 4 is 45.8 Å². The summed E-state index contributed by atoms with van der Waals surface area (Å²) in [6, 6.07) is 7.56. The third kappa shape index (κ3) is 3.64. The fourth-order valence-corrected chi connectivity index (χ4v) is 3.77. The molecule has 1 aliphatic rings. The first-order valence-corrected chi connectivity index (χ1v) is 8.63. The summed E-state index contributed by atoms with van der Waals surface area (Å²) in [5.74, 6) is 0.849. The van der Waals surface area contributed by atoms with Gasteiger partial charge in [-0.1, -0.05) is 41.6 Å². The summed E-state index contributed by atoms with van der Waals surface area (Å²) in [5, 5.41) is 6.90. The standard InChI is InChI=1S/C14H12ClN3OS2/c15-11-4-2-1-3-10(11)13-17-9(8-21-13)7-12(19)18-14-16-5-6-20-14/h1-4,8H,5-7H2,(H,16,18,19). The van der Waals surface area contributed by atoms with E-state index in [9.17, 15) is 4.79 Å². The Hall–Kier alpha value is -1.37. The van der Waals surface area contributed by atoms with Crippen molar-refractivity contribution in [3.8, 4) is 10.6 Å². The van der Waals surface area contributed by atoms with Crippen molar-refractivity contribution in [2.75, 3.05) is 12.3 Å². The quantitative estimate of drug-likeness (QED) is 0.935. The predicted octanol–water partition coefficient (Wildman–Crippen LogP) is 3.23. The minimum Gasteiger partial charge on any atom is -0.305 e. The molecule has 0 aliphatic carbocycles. The highest BCUT2D eigenvalue weighted by molar-refractivity contribution is 8.14. The zero-order chi connectivity index (χ0) is 14.7. The second kappa shape index (κ2) is 6.60. The molecule has 0 fully saturated rings. The van der Waals surface area contributed by atoms with Gasteiger partial charge in [-0.15, -0.1) is 11.3 Å². The van der Waals surface area contributed by atoms with Crippen LogP contribution in [0, 0.1) is 0 Å². The van der Waals surface area contributed by atoms with Crippen molar-refractivity contribution in [1.82, 2.24) is 10.3 Å². The second-order valence-corrected chi connectivity index (χ2v) is 6.73. The summed E-state index contributed by atoms with van der Waals surface area (Å²) in [4.78, 5) is 20.6. The van der Waals surface area contributed by atoms with Crippen LogP contribution in [0.1, 0.15) is 5.69 Å². The Kier molecular flexibility index (Phi) is 4.57. The van der Waals surface area contributed by atoms with E-state index in [1.165, 1.54) is 11.3 Å². The molecule has 0 radical (unpaired) electrons. The van der Waals surface area contributed by atoms with Gasteiger partial charge >= 0.3 is 0 Å². The van der Waals surface area contributed by atoms with Gasteiger partial charge in [0.05, 0.1) is 23.7 Å². The number of carbonyl (C=O) groups excluding carboxylic acids is 1. The van der Waals surface area contributed by atoms with Gasteiger partial charge in [-0.05, 0) is 6.07 Å². The molecule has 0 spiro atoms. The summed E-state index contributed by atoms with van der Waals surface area (Å²) in [7, 11) is 0. The van der Waals surface area contributed by atoms with Crippen molar-refractivity contribution in [2.45, 2.75) is 6.42 Å². The van der Waals surface area contributed by atoms with E-state index in [1.54, 1.807) is 11.8 Å². The molecule has 1 amide bonds. The maximum absolute atomic E-state index is 11.9. The van der Waals surface area contributed by atoms with Gasteiger partial charge in [-0.3, -0.25) is 9.79 Å². The van der Waals surface area contributed by atoms with Crippen LogP contribution in [0.3, 0.4) is 0 Å². The lowest BCUT2D eigenvalue weighted by Gasteiger charge is -2.02. The zero-order valence-corrected chi connectivity index (χ0v) is 13.4. The number of amidine groups is 1. The lowest BCUT2D eigenvalue weighted by molar-refractivity contribution is -0.119. The fraction of sp³-hybridized carbons (Fsp3) is 0.214. The number of benzene rings is 1. The smallest absolute Gasteiger partial charge is 0.231 e. The topological polar surface area (TPSA) is 54.4 Å². The van der Waals surface area contributed by atoms with E-state index >= 15 is 0 Å². The Bertz CT molecular complexity index is 699. The predicted molar refractivity (Wildman–Crippen MR) is 89.2 cm³/mol. The maximum atomic E-state index is 11.9. The summed E-state index contributed by atoms with van der Waals surface area (Å²) in [6.45, 7) is 0.771. The Morgan fingerprint density at radius 2 is 2.24 bits per heavy atom. The molecule has 0 unspecified atom stereocenters. The first kappa shape index (κ1) is 14.6. The van der Waals surface area contributed by atoms with Crippen LogP contribution in [0.2, 0.25) is 5.02 Å². The van der Waals surface area contributed by atoms with E-state index in [-0.39, 0.29) is 12.3 Å². The largest absolute Gasteiger partial charge is 0.305 e. The van der Waals surface area contributed by atoms with Crippen molar-refractivity contribution in [3.05, 3.63) is 40.4 Å². The Labute approximate surface area is 135 Å². The van der Waals surface area contributed by atoms with E-state index in [0.717, 1.165) is 28.6 Å². The average Bonchev–Trinajstić information content (AvgIpc) is 3.11. The molecule has 3 rings (SSSR count). The van der Waals surface area contributed by atoms with Gasteiger partial charge in [0.1, 0.15) is 5.01 Å². The van der Waals surface area contributed by atoms with E-state index < -0.39 is 0 Å². The van der Waals surface area contributed by atoms with E-state index in [2.05, 4.69) is 15.3 Å². The van der Waals surface area contributed by atoms with Gasteiger partial charge in [-0.25, -0.2) is 4.98 Å². The lowest BCUT2D eigenvalue weighted by atomic mass is 10.2. The Morgan fingerprint density at radius 1 is 1.38 bits per heavy atom. The minimum atomic E-state index is -0.0841. The molecule has 0 saturated carbocycles. The molecule has 0 bridgehead atoms. The van der Waals surface area contributed by atoms with Gasteiger partial charge in [0.2, 0.25) is 5.91 Å². The van der Waals surface area contributed by atoms with E-state index in [4.69, 9.17) is 11.6 Å². The number of halogens is 1. The van der Waals surface area contributed by atoms with E-state index in [0.29, 0.717) is 10.2 Å². The van der Waals surface area contributed by atoms with Crippen molar-refractivity contribution in [3.63, 3.8) is 0 Å². The second-order valence-electron chi connectivity index (χ2n) is 4.38. The van der Waals surface area contributed by atoms with Gasteiger partial charge in [-0.2, -0.15) is 0 Å². The van der Waals surface area contributed by atoms with Crippen LogP contribution >= 0.6 is 34.7 Å². The number of thioether (sulfide) groups is 1. The number of rotatable bonds is 3. The molecule has 0 saturated heterocycles. The van der Waals surface area contributed by atoms with Crippen LogP contribution < -0.4 is 5.32 Å². The SMILES string of the molecule is O=C(Cc1csc(-c2ccccc2Cl)n1)NC1=NCCS1. The third-order valence-corrected chi connectivity index (χ3v) is 4.97. The van der Waals surface area contributed by atoms with Gasteiger partial charge in [0.15, 0.2) is 5.17 Å². The number of hydrogen-bond acceptors (Lipinski definition) is 5. The van der Waals surface area contributed by atoms with Crippen molar-refractivity contribution < 1.29 is 4.79 Å². The van der Waals surface area contributed by atoms with Crippen LogP contribution in [-0.4, -0.2) is 28.4 Å². The molecule has 2 aromatic rings. The number of hydrogen-bond donors (Lipinski definition) is 1. The summed E-state index contributed by atoms with van der Waals surface area (Å²) >= 11 is 9.21. The highest BCUT2D eigenvalue weighted by atomic mass is 35.5. The molecule has 1 aliphatic heterocycles. The summed E-state index contributed by atoms with van der Waals surface area (Å²) in [6.07, 6.45) is 0.251. The highest BCUT2D eigenvalue weighted by Crippen LogP contribution is 2.30. The minimum absolute atomic E-state index is 0.0841. The van der Waals surface area contributed by atoms with Crippen LogP contribution in [-0.2, 0) is 11.2 Å². The van der Waals surface area contributed by atoms with Gasteiger partial charge < -0.3 is 5.32 Å². The molecule has 7 heteroatoms. The number of nitrogens with one attached hydrogen (secondary N) is 1. The van der Waals surface area contributed by atoms with E-state index in [1.807, 2.05) is 29.6 Å². The van der Waals surface area contributed by atoms with Gasteiger partial charge in [0, 0.05) is 16.7 Å². The first-order valence-electron chi connectivity index (χ1n) is 6.39. The summed E-state index contributed by atoms with van der Waals surface area (Å²) in [5.41, 5.74) is 1.64. The lowest BCUT2D eigenvalue weighted by Crippen LogP contribution is -2.28. The highest BCUT2D eigenvalue weighted by Gasteiger charge is 2.14. The number of thiazole rings is 1. The molecule has 4 nitrogen and oxygen atoms in total.